The Bertz CT molecular complexity index is 4050. The first-order valence-electron chi connectivity index (χ1n) is 20.2. The van der Waals surface area contributed by atoms with Crippen LogP contribution in [0.25, 0.3) is 137 Å². The van der Waals surface area contributed by atoms with Gasteiger partial charge in [-0.25, -0.2) is 0 Å². The van der Waals surface area contributed by atoms with E-state index in [9.17, 15) is 0 Å². The number of hydrogen-bond donors (Lipinski definition) is 0. The Balaban J connectivity index is 1.09. The van der Waals surface area contributed by atoms with Crippen LogP contribution in [0.4, 0.5) is 0 Å². The van der Waals surface area contributed by atoms with E-state index in [1.165, 1.54) is 59.6 Å². The van der Waals surface area contributed by atoms with Crippen molar-refractivity contribution in [3.05, 3.63) is 176 Å². The van der Waals surface area contributed by atoms with Crippen LogP contribution < -0.4 is 0 Å². The summed E-state index contributed by atoms with van der Waals surface area (Å²) >= 11 is 0. The maximum Gasteiger partial charge on any atom is 0.160 e. The van der Waals surface area contributed by atoms with Gasteiger partial charge in [-0.2, -0.15) is 0 Å². The number of aromatic nitrogens is 3. The number of benzene rings is 9. The lowest BCUT2D eigenvalue weighted by Crippen LogP contribution is -1.96. The highest BCUT2D eigenvalue weighted by atomic mass is 16.3. The van der Waals surface area contributed by atoms with Gasteiger partial charge in [-0.05, 0) is 60.7 Å². The molecule has 0 spiro atoms. The van der Waals surface area contributed by atoms with Crippen molar-refractivity contribution in [2.24, 2.45) is 0 Å². The summed E-state index contributed by atoms with van der Waals surface area (Å²) in [5.41, 5.74) is 14.0. The topological polar surface area (TPSA) is 40.5 Å². The normalized spacial score (nSPS) is 12.7. The van der Waals surface area contributed by atoms with Crippen molar-refractivity contribution >= 4 is 126 Å². The fourth-order valence-electron chi connectivity index (χ4n) is 10.9. The molecular formula is C54H29N3O2. The molecule has 0 radical (unpaired) electrons. The highest BCUT2D eigenvalue weighted by Crippen LogP contribution is 2.48. The molecule has 0 saturated heterocycles. The highest BCUT2D eigenvalue weighted by molar-refractivity contribution is 6.29. The maximum absolute atomic E-state index is 6.76. The number of para-hydroxylation sites is 5. The summed E-state index contributed by atoms with van der Waals surface area (Å²) in [4.78, 5) is 0. The van der Waals surface area contributed by atoms with Crippen LogP contribution in [0, 0.1) is 0 Å². The minimum Gasteiger partial charge on any atom is -0.454 e. The summed E-state index contributed by atoms with van der Waals surface area (Å²) in [6.07, 6.45) is 0. The second kappa shape index (κ2) is 10.5. The Morgan fingerprint density at radius 2 is 0.661 bits per heavy atom. The molecule has 0 atom stereocenters. The van der Waals surface area contributed by atoms with E-state index in [4.69, 9.17) is 8.83 Å². The Hall–Kier alpha value is -8.02. The van der Waals surface area contributed by atoms with Crippen molar-refractivity contribution in [3.63, 3.8) is 0 Å². The molecule has 59 heavy (non-hydrogen) atoms. The Labute approximate surface area is 334 Å². The number of furan rings is 2. The molecule has 0 fully saturated rings. The van der Waals surface area contributed by atoms with Crippen LogP contribution in [0.3, 0.4) is 0 Å². The van der Waals surface area contributed by atoms with Crippen LogP contribution in [0.15, 0.2) is 185 Å². The number of fused-ring (bicyclic) bond motifs is 20. The van der Waals surface area contributed by atoms with Gasteiger partial charge in [0.05, 0.1) is 50.0 Å². The van der Waals surface area contributed by atoms with Crippen LogP contribution in [-0.4, -0.2) is 13.5 Å². The first kappa shape index (κ1) is 30.2. The minimum atomic E-state index is 0.900. The van der Waals surface area contributed by atoms with Gasteiger partial charge in [0.15, 0.2) is 11.2 Å². The standard InChI is InChI=1S/C54H29N3O2/c1-5-18-40-30(12-1)34-26-28-36-32-14-3-7-24-46(32)58-53(36)51(34)55(40)42-20-10-22-44-48(42)38-16-9-17-39-49-43(21-11-23-45(49)57(44)50(38)39)56-41-19-6-2-13-31(41)35-27-29-37-33-15-4-8-25-47(33)59-54(37)52(35)56/h1-29H. The van der Waals surface area contributed by atoms with E-state index >= 15 is 0 Å². The van der Waals surface area contributed by atoms with Crippen molar-refractivity contribution in [1.29, 1.82) is 0 Å². The van der Waals surface area contributed by atoms with Crippen molar-refractivity contribution in [3.8, 4) is 11.4 Å². The van der Waals surface area contributed by atoms with E-state index in [0.717, 1.165) is 77.3 Å². The fraction of sp³-hybridized carbons (Fsp3) is 0. The number of rotatable bonds is 2. The number of hydrogen-bond acceptors (Lipinski definition) is 2. The molecule has 5 nitrogen and oxygen atoms in total. The molecule has 0 unspecified atom stereocenters. The second-order valence-electron chi connectivity index (χ2n) is 16.0. The lowest BCUT2D eigenvalue weighted by atomic mass is 10.1. The zero-order chi connectivity index (χ0) is 38.1. The van der Waals surface area contributed by atoms with E-state index in [1.54, 1.807) is 0 Å². The minimum absolute atomic E-state index is 0.900. The molecule has 15 aromatic rings. The summed E-state index contributed by atoms with van der Waals surface area (Å²) in [5.74, 6) is 0. The summed E-state index contributed by atoms with van der Waals surface area (Å²) < 4.78 is 20.9. The largest absolute Gasteiger partial charge is 0.454 e. The average Bonchev–Trinajstić information content (AvgIpc) is 4.13. The van der Waals surface area contributed by atoms with Crippen LogP contribution in [0.1, 0.15) is 0 Å². The molecule has 15 rings (SSSR count). The second-order valence-corrected chi connectivity index (χ2v) is 16.0. The van der Waals surface area contributed by atoms with E-state index in [0.29, 0.717) is 0 Å². The molecule has 272 valence electrons. The monoisotopic (exact) mass is 751 g/mol. The van der Waals surface area contributed by atoms with Crippen LogP contribution >= 0.6 is 0 Å². The Morgan fingerprint density at radius 3 is 1.17 bits per heavy atom. The van der Waals surface area contributed by atoms with Gasteiger partial charge in [-0.3, -0.25) is 0 Å². The predicted molar refractivity (Wildman–Crippen MR) is 244 cm³/mol. The SMILES string of the molecule is c1ccc2c(c1)oc1c2ccc2c3ccccc3n(-c3cccc4c3c3cccc5c6c(-n7c8ccccc8c8ccc9c%10ccccc%10oc9c87)cccc6n4c35)c21. The van der Waals surface area contributed by atoms with E-state index < -0.39 is 0 Å². The molecule has 5 heteroatoms. The molecule has 0 saturated carbocycles. The first-order chi connectivity index (χ1) is 29.3. The van der Waals surface area contributed by atoms with Gasteiger partial charge in [0.2, 0.25) is 0 Å². The average molecular weight is 752 g/mol. The summed E-state index contributed by atoms with van der Waals surface area (Å²) in [5, 5.41) is 14.2. The molecule has 6 aromatic heterocycles. The molecule has 0 aliphatic carbocycles. The zero-order valence-corrected chi connectivity index (χ0v) is 31.4. The smallest absolute Gasteiger partial charge is 0.160 e. The van der Waals surface area contributed by atoms with Crippen molar-refractivity contribution in [2.45, 2.75) is 0 Å². The Morgan fingerprint density at radius 1 is 0.271 bits per heavy atom. The van der Waals surface area contributed by atoms with Gasteiger partial charge >= 0.3 is 0 Å². The van der Waals surface area contributed by atoms with Gasteiger partial charge in [0, 0.05) is 64.6 Å². The van der Waals surface area contributed by atoms with Gasteiger partial charge in [-0.1, -0.05) is 115 Å². The summed E-state index contributed by atoms with van der Waals surface area (Å²) in [7, 11) is 0. The Kier molecular flexibility index (Phi) is 5.36. The van der Waals surface area contributed by atoms with Crippen molar-refractivity contribution < 1.29 is 8.83 Å². The molecule has 0 amide bonds. The highest BCUT2D eigenvalue weighted by Gasteiger charge is 2.26. The predicted octanol–water partition coefficient (Wildman–Crippen LogP) is 14.8. The fourth-order valence-corrected chi connectivity index (χ4v) is 10.9. The molecule has 0 bridgehead atoms. The molecule has 9 aromatic carbocycles. The molecule has 6 heterocycles. The van der Waals surface area contributed by atoms with Gasteiger partial charge in [0.1, 0.15) is 11.2 Å². The molecule has 0 aliphatic heterocycles. The van der Waals surface area contributed by atoms with E-state index in [1.807, 2.05) is 12.1 Å². The number of nitrogens with zero attached hydrogens (tertiary/aromatic N) is 3. The van der Waals surface area contributed by atoms with E-state index in [2.05, 4.69) is 177 Å². The summed E-state index contributed by atoms with van der Waals surface area (Å²) in [6, 6.07) is 63.6. The molecule has 0 N–H and O–H groups in total. The van der Waals surface area contributed by atoms with Crippen molar-refractivity contribution in [1.82, 2.24) is 13.5 Å². The van der Waals surface area contributed by atoms with Gasteiger partial charge in [0.25, 0.3) is 0 Å². The van der Waals surface area contributed by atoms with Crippen molar-refractivity contribution in [2.75, 3.05) is 0 Å². The third-order valence-electron chi connectivity index (χ3n) is 13.2. The van der Waals surface area contributed by atoms with Crippen LogP contribution in [0.2, 0.25) is 0 Å². The van der Waals surface area contributed by atoms with Crippen LogP contribution in [0.5, 0.6) is 0 Å². The van der Waals surface area contributed by atoms with Crippen LogP contribution in [-0.2, 0) is 0 Å². The third kappa shape index (κ3) is 3.55. The quantitative estimate of drug-likeness (QED) is 0.176. The van der Waals surface area contributed by atoms with E-state index in [-0.39, 0.29) is 0 Å². The maximum atomic E-state index is 6.76. The lowest BCUT2D eigenvalue weighted by molar-refractivity contribution is 0.671. The third-order valence-corrected chi connectivity index (χ3v) is 13.2. The molecule has 0 aliphatic rings. The summed E-state index contributed by atoms with van der Waals surface area (Å²) in [6.45, 7) is 0. The lowest BCUT2D eigenvalue weighted by Gasteiger charge is -2.12. The first-order valence-corrected chi connectivity index (χ1v) is 20.2. The van der Waals surface area contributed by atoms with Gasteiger partial charge < -0.3 is 22.4 Å². The molecular weight excluding hydrogens is 723 g/mol. The van der Waals surface area contributed by atoms with Gasteiger partial charge in [-0.15, -0.1) is 0 Å². The zero-order valence-electron chi connectivity index (χ0n) is 31.4.